The van der Waals surface area contributed by atoms with Crippen LogP contribution in [0.3, 0.4) is 0 Å². The molecule has 0 saturated heterocycles. The summed E-state index contributed by atoms with van der Waals surface area (Å²) in [5.74, 6) is 1.29. The van der Waals surface area contributed by atoms with Gasteiger partial charge < -0.3 is 11.1 Å². The molecular weight excluding hydrogens is 278 g/mol. The molecule has 0 radical (unpaired) electrons. The number of pyridine rings is 1. The molecule has 1 saturated carbocycles. The molecule has 4 rings (SSSR count). The van der Waals surface area contributed by atoms with Gasteiger partial charge in [0.15, 0.2) is 11.5 Å². The van der Waals surface area contributed by atoms with Gasteiger partial charge in [-0.2, -0.15) is 10.2 Å². The van der Waals surface area contributed by atoms with Gasteiger partial charge >= 0.3 is 0 Å². The Morgan fingerprint density at radius 3 is 3.00 bits per heavy atom. The van der Waals surface area contributed by atoms with Crippen molar-refractivity contribution in [2.45, 2.75) is 31.2 Å². The number of nitrogens with one attached hydrogen (secondary N) is 1. The molecule has 3 aromatic rings. The fraction of sp³-hybridized carbons (Fsp3) is 0.400. The summed E-state index contributed by atoms with van der Waals surface area (Å²) in [5.41, 5.74) is 9.04. The summed E-state index contributed by atoms with van der Waals surface area (Å²) < 4.78 is 3.59. The van der Waals surface area contributed by atoms with Crippen molar-refractivity contribution in [1.29, 1.82) is 0 Å². The van der Waals surface area contributed by atoms with Crippen LogP contribution >= 0.6 is 0 Å². The lowest BCUT2D eigenvalue weighted by Gasteiger charge is -2.13. The Morgan fingerprint density at radius 1 is 1.36 bits per heavy atom. The summed E-state index contributed by atoms with van der Waals surface area (Å²) in [6, 6.07) is 4.40. The first-order valence-electron chi connectivity index (χ1n) is 7.54. The van der Waals surface area contributed by atoms with E-state index in [2.05, 4.69) is 32.8 Å². The van der Waals surface area contributed by atoms with E-state index in [-0.39, 0.29) is 0 Å². The molecule has 7 nitrogen and oxygen atoms in total. The second-order valence-electron chi connectivity index (χ2n) is 5.99. The van der Waals surface area contributed by atoms with Crippen LogP contribution in [-0.2, 0) is 7.05 Å². The largest absolute Gasteiger partial charge is 0.336 e. The van der Waals surface area contributed by atoms with E-state index in [4.69, 9.17) is 5.73 Å². The van der Waals surface area contributed by atoms with Crippen LogP contribution in [0.4, 0.5) is 11.5 Å². The van der Waals surface area contributed by atoms with Gasteiger partial charge in [-0.3, -0.25) is 4.68 Å². The van der Waals surface area contributed by atoms with Gasteiger partial charge in [-0.15, -0.1) is 0 Å². The number of hydrogen-bond donors (Lipinski definition) is 2. The predicted octanol–water partition coefficient (Wildman–Crippen LogP) is 1.80. The fourth-order valence-electron chi connectivity index (χ4n) is 3.20. The summed E-state index contributed by atoms with van der Waals surface area (Å²) >= 11 is 0. The third-order valence-corrected chi connectivity index (χ3v) is 4.32. The van der Waals surface area contributed by atoms with Crippen molar-refractivity contribution in [2.75, 3.05) is 5.32 Å². The highest BCUT2D eigenvalue weighted by molar-refractivity contribution is 5.72. The molecule has 0 unspecified atom stereocenters. The molecule has 22 heavy (non-hydrogen) atoms. The van der Waals surface area contributed by atoms with Crippen LogP contribution in [0.2, 0.25) is 0 Å². The number of aryl methyl sites for hydroxylation is 1. The Labute approximate surface area is 128 Å². The molecule has 2 atom stereocenters. The highest BCUT2D eigenvalue weighted by Gasteiger charge is 2.24. The van der Waals surface area contributed by atoms with Crippen molar-refractivity contribution in [3.8, 4) is 0 Å². The summed E-state index contributed by atoms with van der Waals surface area (Å²) in [4.78, 5) is 4.33. The van der Waals surface area contributed by atoms with Gasteiger partial charge in [-0.05, 0) is 36.8 Å². The second-order valence-corrected chi connectivity index (χ2v) is 5.99. The summed E-state index contributed by atoms with van der Waals surface area (Å²) in [6.45, 7) is 0. The first-order valence-corrected chi connectivity index (χ1v) is 7.54. The van der Waals surface area contributed by atoms with Gasteiger partial charge in [-0.1, -0.05) is 0 Å². The molecule has 1 fully saturated rings. The molecule has 0 spiro atoms. The first kappa shape index (κ1) is 13.3. The third kappa shape index (κ3) is 2.33. The van der Waals surface area contributed by atoms with Crippen LogP contribution in [0.5, 0.6) is 0 Å². The maximum absolute atomic E-state index is 6.06. The number of hydrogen-bond acceptors (Lipinski definition) is 5. The summed E-state index contributed by atoms with van der Waals surface area (Å²) in [6.07, 6.45) is 8.79. The van der Waals surface area contributed by atoms with Crippen molar-refractivity contribution in [1.82, 2.24) is 24.4 Å². The summed E-state index contributed by atoms with van der Waals surface area (Å²) in [7, 11) is 1.90. The predicted molar refractivity (Wildman–Crippen MR) is 84.0 cm³/mol. The van der Waals surface area contributed by atoms with Crippen molar-refractivity contribution < 1.29 is 0 Å². The monoisotopic (exact) mass is 297 g/mol. The molecule has 0 aliphatic heterocycles. The Kier molecular flexibility index (Phi) is 3.07. The minimum absolute atomic E-state index is 0.309. The Bertz CT molecular complexity index is 803. The number of nitrogens with two attached hydrogens (primary N) is 1. The molecule has 0 aromatic carbocycles. The van der Waals surface area contributed by atoms with Gasteiger partial charge in [0.05, 0.1) is 5.69 Å². The minimum atomic E-state index is 0.309. The van der Waals surface area contributed by atoms with E-state index in [1.165, 1.54) is 5.56 Å². The van der Waals surface area contributed by atoms with Crippen LogP contribution in [0.1, 0.15) is 30.7 Å². The molecule has 3 N–H and O–H groups in total. The maximum atomic E-state index is 6.06. The van der Waals surface area contributed by atoms with Gasteiger partial charge in [0.25, 0.3) is 0 Å². The molecule has 1 aliphatic carbocycles. The lowest BCUT2D eigenvalue weighted by atomic mass is 9.99. The van der Waals surface area contributed by atoms with Crippen molar-refractivity contribution in [3.05, 3.63) is 36.4 Å². The van der Waals surface area contributed by atoms with E-state index in [1.54, 1.807) is 11.0 Å². The maximum Gasteiger partial charge on any atom is 0.178 e. The zero-order valence-corrected chi connectivity index (χ0v) is 12.5. The zero-order chi connectivity index (χ0) is 15.1. The van der Waals surface area contributed by atoms with E-state index >= 15 is 0 Å². The minimum Gasteiger partial charge on any atom is -0.336 e. The van der Waals surface area contributed by atoms with Crippen LogP contribution in [0.25, 0.3) is 5.65 Å². The topological polar surface area (TPSA) is 86.1 Å². The Balaban J connectivity index is 1.73. The lowest BCUT2D eigenvalue weighted by Crippen LogP contribution is -2.14. The highest BCUT2D eigenvalue weighted by Crippen LogP contribution is 2.35. The molecular formula is C15H19N7. The van der Waals surface area contributed by atoms with E-state index in [9.17, 15) is 0 Å². The molecule has 114 valence electrons. The molecule has 0 amide bonds. The number of nitrogens with zero attached hydrogens (tertiary/aromatic N) is 5. The van der Waals surface area contributed by atoms with Gasteiger partial charge in [0.2, 0.25) is 0 Å². The average Bonchev–Trinajstić information content (AvgIpc) is 3.20. The number of fused-ring (bicyclic) bond motifs is 1. The lowest BCUT2D eigenvalue weighted by molar-refractivity contribution is 0.671. The number of rotatable bonds is 3. The zero-order valence-electron chi connectivity index (χ0n) is 12.5. The van der Waals surface area contributed by atoms with Crippen molar-refractivity contribution in [2.24, 2.45) is 12.8 Å². The van der Waals surface area contributed by atoms with E-state index < -0.39 is 0 Å². The van der Waals surface area contributed by atoms with Crippen LogP contribution in [0.15, 0.2) is 30.9 Å². The van der Waals surface area contributed by atoms with Gasteiger partial charge in [0.1, 0.15) is 6.33 Å². The van der Waals surface area contributed by atoms with Crippen molar-refractivity contribution >= 4 is 17.2 Å². The molecule has 7 heteroatoms. The Morgan fingerprint density at radius 2 is 2.27 bits per heavy atom. The van der Waals surface area contributed by atoms with Crippen LogP contribution < -0.4 is 11.1 Å². The average molecular weight is 297 g/mol. The van der Waals surface area contributed by atoms with Crippen LogP contribution in [-0.4, -0.2) is 30.4 Å². The standard InChI is InChI=1S/C15H19N7/c1-21-5-4-14(20-21)19-13-7-11(10-2-3-12(16)6-10)8-22-15(13)17-9-18-22/h4-5,7-10,12H,2-3,6,16H2,1H3,(H,19,20)/t10-,12+/m1/s1. The second kappa shape index (κ2) is 5.10. The number of anilines is 2. The summed E-state index contributed by atoms with van der Waals surface area (Å²) in [5, 5.41) is 12.0. The fourth-order valence-corrected chi connectivity index (χ4v) is 3.20. The Hall–Kier alpha value is -2.41. The van der Waals surface area contributed by atoms with E-state index in [1.807, 2.05) is 23.8 Å². The SMILES string of the molecule is Cn1ccc(Nc2cc([C@@H]3CC[C@H](N)C3)cn3ncnc23)n1. The normalized spacial score (nSPS) is 21.5. The molecule has 3 heterocycles. The smallest absolute Gasteiger partial charge is 0.178 e. The van der Waals surface area contributed by atoms with Crippen LogP contribution in [0, 0.1) is 0 Å². The first-order chi connectivity index (χ1) is 10.7. The third-order valence-electron chi connectivity index (χ3n) is 4.32. The molecule has 1 aliphatic rings. The quantitative estimate of drug-likeness (QED) is 0.770. The van der Waals surface area contributed by atoms with Gasteiger partial charge in [-0.25, -0.2) is 9.50 Å². The van der Waals surface area contributed by atoms with E-state index in [0.717, 1.165) is 36.4 Å². The molecule has 0 bridgehead atoms. The van der Waals surface area contributed by atoms with Gasteiger partial charge in [0, 0.05) is 31.5 Å². The van der Waals surface area contributed by atoms with Crippen molar-refractivity contribution in [3.63, 3.8) is 0 Å². The molecule has 3 aromatic heterocycles. The highest BCUT2D eigenvalue weighted by atomic mass is 15.3. The number of aromatic nitrogens is 5. The van der Waals surface area contributed by atoms with E-state index in [0.29, 0.717) is 12.0 Å².